The molecule has 0 amide bonds. The van der Waals surface area contributed by atoms with Gasteiger partial charge in [-0.05, 0) is 97.3 Å². The van der Waals surface area contributed by atoms with E-state index in [4.69, 9.17) is 0 Å². The number of unbranched alkanes of at least 4 members (excludes halogenated alkanes) is 8. The van der Waals surface area contributed by atoms with E-state index < -0.39 is 23.9 Å². The van der Waals surface area contributed by atoms with Crippen molar-refractivity contribution in [3.05, 3.63) is 29.7 Å². The second-order valence-corrected chi connectivity index (χ2v) is 15.0. The topological polar surface area (TPSA) is 161 Å². The van der Waals surface area contributed by atoms with Crippen LogP contribution >= 0.6 is 0 Å². The number of carbonyl (C=O) groups is 4. The van der Waals surface area contributed by atoms with Crippen molar-refractivity contribution in [2.75, 3.05) is 0 Å². The maximum Gasteiger partial charge on any atom is 4.00 e. The van der Waals surface area contributed by atoms with E-state index in [0.717, 1.165) is 77.0 Å². The SMILES string of the molecule is CC(C)CCCCC/C(C(=O)[O-])=C(\CCCCCC(C)C)C(=O)[O-].CC(C)CCCCC/C(C(=O)[O-])=C(\CCCCCC(C)C)C(=O)[O-].[C+4]. The Hall–Kier alpha value is -2.64. The zero-order valence-electron chi connectivity index (χ0n) is 32.2. The normalized spacial score (nSPS) is 12.3. The Kier molecular flexibility index (Phi) is 32.5. The van der Waals surface area contributed by atoms with E-state index in [1.807, 2.05) is 0 Å². The molecule has 280 valence electrons. The fraction of sp³-hybridized carbons (Fsp3) is 0.780. The van der Waals surface area contributed by atoms with Crippen LogP contribution in [0.3, 0.4) is 0 Å². The van der Waals surface area contributed by atoms with Crippen molar-refractivity contribution < 1.29 is 39.6 Å². The zero-order chi connectivity index (χ0) is 37.1. The third-order valence-electron chi connectivity index (χ3n) is 8.55. The molecule has 8 nitrogen and oxygen atoms in total. The van der Waals surface area contributed by atoms with Crippen molar-refractivity contribution >= 4 is 23.9 Å². The Labute approximate surface area is 300 Å². The summed E-state index contributed by atoms with van der Waals surface area (Å²) in [6.45, 7) is 17.2. The van der Waals surface area contributed by atoms with E-state index in [0.29, 0.717) is 49.4 Å². The van der Waals surface area contributed by atoms with Gasteiger partial charge in [-0.15, -0.1) is 0 Å². The molecule has 0 aromatic rings. The van der Waals surface area contributed by atoms with Gasteiger partial charge >= 0.3 is 7.43 Å². The first-order valence-corrected chi connectivity index (χ1v) is 18.8. The molecular weight excluding hydrogens is 620 g/mol. The van der Waals surface area contributed by atoms with Gasteiger partial charge in [0.2, 0.25) is 0 Å². The third kappa shape index (κ3) is 30.0. The molecule has 0 aromatic heterocycles. The van der Waals surface area contributed by atoms with E-state index in [9.17, 15) is 39.6 Å². The van der Waals surface area contributed by atoms with Crippen LogP contribution in [-0.4, -0.2) is 23.9 Å². The average Bonchev–Trinajstić information content (AvgIpc) is 2.96. The maximum atomic E-state index is 11.3. The first-order chi connectivity index (χ1) is 22.5. The molecular formula is C41H68O8. The summed E-state index contributed by atoms with van der Waals surface area (Å²) in [6.07, 6.45) is 15.9. The first kappa shape index (κ1) is 50.7. The molecule has 0 saturated heterocycles. The summed E-state index contributed by atoms with van der Waals surface area (Å²) in [6, 6.07) is 0. The molecule has 0 bridgehead atoms. The Balaban J connectivity index is -0.000000846. The molecule has 0 fully saturated rings. The van der Waals surface area contributed by atoms with Gasteiger partial charge in [-0.1, -0.05) is 132 Å². The van der Waals surface area contributed by atoms with E-state index in [-0.39, 0.29) is 55.4 Å². The van der Waals surface area contributed by atoms with Crippen LogP contribution in [0.4, 0.5) is 0 Å². The standard InChI is InChI=1S/2C20H36O4.C/c2*1-15(2)11-7-5-9-13-17(19(21)22)18(20(23)24)14-10-6-8-12-16(3)4;/h2*15-16H,5-14H2,1-4H3,(H,21,22)(H,23,24);/q;;+4/p-4/b2*18-17-;. The predicted molar refractivity (Wildman–Crippen MR) is 189 cm³/mol. The van der Waals surface area contributed by atoms with Gasteiger partial charge < -0.3 is 39.6 Å². The molecule has 0 heterocycles. The van der Waals surface area contributed by atoms with Gasteiger partial charge in [-0.2, -0.15) is 0 Å². The van der Waals surface area contributed by atoms with Crippen LogP contribution in [0.5, 0.6) is 0 Å². The zero-order valence-corrected chi connectivity index (χ0v) is 32.2. The quantitative estimate of drug-likeness (QED) is 0.0707. The number of aliphatic carboxylic acids is 4. The van der Waals surface area contributed by atoms with E-state index in [1.54, 1.807) is 0 Å². The van der Waals surface area contributed by atoms with Crippen molar-refractivity contribution in [3.8, 4) is 0 Å². The summed E-state index contributed by atoms with van der Waals surface area (Å²) in [5.41, 5.74) is -0.265. The minimum atomic E-state index is -1.36. The first-order valence-electron chi connectivity index (χ1n) is 18.8. The van der Waals surface area contributed by atoms with Crippen LogP contribution < -0.4 is 20.4 Å². The van der Waals surface area contributed by atoms with Crippen molar-refractivity contribution in [1.82, 2.24) is 0 Å². The van der Waals surface area contributed by atoms with Gasteiger partial charge in [0, 0.05) is 0 Å². The van der Waals surface area contributed by atoms with Crippen molar-refractivity contribution in [2.24, 2.45) is 23.7 Å². The number of carboxylic acids is 4. The van der Waals surface area contributed by atoms with Crippen molar-refractivity contribution in [3.63, 3.8) is 0 Å². The second-order valence-electron chi connectivity index (χ2n) is 15.0. The van der Waals surface area contributed by atoms with E-state index in [1.165, 1.54) is 0 Å². The molecule has 0 saturated carbocycles. The largest absolute Gasteiger partial charge is 4.00 e. The molecule has 0 unspecified atom stereocenters. The van der Waals surface area contributed by atoms with E-state index in [2.05, 4.69) is 55.4 Å². The summed E-state index contributed by atoms with van der Waals surface area (Å²) in [5.74, 6) is -2.92. The second kappa shape index (κ2) is 31.3. The summed E-state index contributed by atoms with van der Waals surface area (Å²) in [5, 5.41) is 45.3. The van der Waals surface area contributed by atoms with Crippen LogP contribution in [0.2, 0.25) is 0 Å². The molecule has 49 heavy (non-hydrogen) atoms. The van der Waals surface area contributed by atoms with Crippen LogP contribution in [0, 0.1) is 31.1 Å². The van der Waals surface area contributed by atoms with Gasteiger partial charge in [0.1, 0.15) is 0 Å². The van der Waals surface area contributed by atoms with Gasteiger partial charge in [0.25, 0.3) is 0 Å². The number of hydrogen-bond donors (Lipinski definition) is 0. The summed E-state index contributed by atoms with van der Waals surface area (Å²) in [4.78, 5) is 45.3. The van der Waals surface area contributed by atoms with Gasteiger partial charge in [0.15, 0.2) is 0 Å². The molecule has 0 N–H and O–H groups in total. The van der Waals surface area contributed by atoms with Gasteiger partial charge in [-0.3, -0.25) is 0 Å². The monoisotopic (exact) mass is 688 g/mol. The molecule has 0 aliphatic heterocycles. The summed E-state index contributed by atoms with van der Waals surface area (Å²) >= 11 is 0. The van der Waals surface area contributed by atoms with Crippen molar-refractivity contribution in [1.29, 1.82) is 0 Å². The summed E-state index contributed by atoms with van der Waals surface area (Å²) < 4.78 is 0. The maximum absolute atomic E-state index is 11.3. The van der Waals surface area contributed by atoms with Gasteiger partial charge in [-0.25, -0.2) is 0 Å². The van der Waals surface area contributed by atoms with Crippen molar-refractivity contribution in [2.45, 2.75) is 184 Å². The minimum Gasteiger partial charge on any atom is -0.545 e. The summed E-state index contributed by atoms with van der Waals surface area (Å²) in [7, 11) is 0. The molecule has 0 spiro atoms. The fourth-order valence-corrected chi connectivity index (χ4v) is 5.63. The van der Waals surface area contributed by atoms with Crippen LogP contribution in [0.1, 0.15) is 184 Å². The molecule has 8 heteroatoms. The Bertz CT molecular complexity index is 818. The molecule has 0 rings (SSSR count). The minimum absolute atomic E-state index is 0. The molecule has 0 aromatic carbocycles. The Morgan fingerprint density at radius 3 is 0.612 bits per heavy atom. The number of hydrogen-bond acceptors (Lipinski definition) is 8. The Morgan fingerprint density at radius 2 is 0.490 bits per heavy atom. The smallest absolute Gasteiger partial charge is 0.545 e. The number of rotatable bonds is 28. The van der Waals surface area contributed by atoms with E-state index >= 15 is 0 Å². The molecule has 0 atom stereocenters. The molecule has 0 aliphatic rings. The van der Waals surface area contributed by atoms with Crippen LogP contribution in [-0.2, 0) is 19.2 Å². The fourth-order valence-electron chi connectivity index (χ4n) is 5.63. The molecule has 0 radical (unpaired) electrons. The third-order valence-corrected chi connectivity index (χ3v) is 8.55. The average molecular weight is 689 g/mol. The predicted octanol–water partition coefficient (Wildman–Crippen LogP) is 6.07. The number of carboxylic acid groups (broad SMARTS) is 4. The molecule has 0 aliphatic carbocycles. The Morgan fingerprint density at radius 1 is 0.327 bits per heavy atom. The van der Waals surface area contributed by atoms with Gasteiger partial charge in [0.05, 0.1) is 23.9 Å². The van der Waals surface area contributed by atoms with Crippen LogP contribution in [0.25, 0.3) is 0 Å². The number of carbonyl (C=O) groups excluding carboxylic acids is 4. The van der Waals surface area contributed by atoms with Crippen LogP contribution in [0.15, 0.2) is 22.3 Å².